The first-order valence-corrected chi connectivity index (χ1v) is 12.9. The first kappa shape index (κ1) is 24.2. The van der Waals surface area contributed by atoms with E-state index in [0.29, 0.717) is 5.78 Å². The molecule has 0 saturated heterocycles. The van der Waals surface area contributed by atoms with Crippen LogP contribution in [-0.4, -0.2) is 5.78 Å². The highest BCUT2D eigenvalue weighted by Gasteiger charge is 2.16. The Balaban J connectivity index is 1.27. The van der Waals surface area contributed by atoms with Crippen molar-refractivity contribution in [1.82, 2.24) is 0 Å². The second kappa shape index (κ2) is 16.7. The number of carbonyl (C=O) groups is 1. The molecule has 1 saturated carbocycles. The zero-order chi connectivity index (χ0) is 20.4. The number of unbranched alkanes of at least 4 members (excludes halogenated alkanes) is 11. The smallest absolute Gasteiger partial charge is 0.133 e. The third-order valence-corrected chi connectivity index (χ3v) is 6.75. The number of carbonyl (C=O) groups excluding carboxylic acids is 1. The van der Waals surface area contributed by atoms with Gasteiger partial charge in [-0.15, -0.1) is 0 Å². The molecule has 1 aromatic carbocycles. The predicted octanol–water partition coefficient (Wildman–Crippen LogP) is 8.84. The van der Waals surface area contributed by atoms with E-state index in [1.165, 1.54) is 115 Å². The lowest BCUT2D eigenvalue weighted by molar-refractivity contribution is -0.120. The molecule has 0 heterocycles. The zero-order valence-electron chi connectivity index (χ0n) is 19.0. The van der Waals surface area contributed by atoms with E-state index in [1.54, 1.807) is 0 Å². The van der Waals surface area contributed by atoms with Gasteiger partial charge >= 0.3 is 0 Å². The van der Waals surface area contributed by atoms with Crippen molar-refractivity contribution in [3.05, 3.63) is 35.9 Å². The van der Waals surface area contributed by atoms with Crippen LogP contribution in [-0.2, 0) is 11.2 Å². The van der Waals surface area contributed by atoms with Crippen molar-refractivity contribution >= 4 is 5.78 Å². The van der Waals surface area contributed by atoms with Crippen LogP contribution in [0.3, 0.4) is 0 Å². The highest BCUT2D eigenvalue weighted by atomic mass is 16.1. The van der Waals surface area contributed by atoms with Gasteiger partial charge in [0, 0.05) is 12.8 Å². The highest BCUT2D eigenvalue weighted by molar-refractivity contribution is 5.78. The number of hydrogen-bond acceptors (Lipinski definition) is 1. The van der Waals surface area contributed by atoms with Gasteiger partial charge in [-0.1, -0.05) is 127 Å². The van der Waals surface area contributed by atoms with E-state index >= 15 is 0 Å². The van der Waals surface area contributed by atoms with Crippen molar-refractivity contribution in [2.75, 3.05) is 0 Å². The van der Waals surface area contributed by atoms with E-state index in [-0.39, 0.29) is 0 Å². The maximum Gasteiger partial charge on any atom is 0.133 e. The second-order valence-electron chi connectivity index (χ2n) is 9.48. The number of hydrogen-bond donors (Lipinski definition) is 0. The molecule has 0 amide bonds. The molecular weight excluding hydrogens is 352 g/mol. The second-order valence-corrected chi connectivity index (χ2v) is 9.48. The monoisotopic (exact) mass is 398 g/mol. The summed E-state index contributed by atoms with van der Waals surface area (Å²) in [4.78, 5) is 12.1. The summed E-state index contributed by atoms with van der Waals surface area (Å²) in [6.07, 6.45) is 25.9. The SMILES string of the molecule is O=C(CCCCCCCCCCCCCCc1ccccc1)CC1CCCCC1. The lowest BCUT2D eigenvalue weighted by Crippen LogP contribution is -2.11. The molecule has 29 heavy (non-hydrogen) atoms. The third kappa shape index (κ3) is 12.9. The van der Waals surface area contributed by atoms with E-state index < -0.39 is 0 Å². The van der Waals surface area contributed by atoms with E-state index in [4.69, 9.17) is 0 Å². The molecular formula is C28H46O. The Kier molecular flexibility index (Phi) is 13.9. The molecule has 0 atom stereocenters. The van der Waals surface area contributed by atoms with Crippen molar-refractivity contribution in [3.8, 4) is 0 Å². The first-order chi connectivity index (χ1) is 14.3. The van der Waals surface area contributed by atoms with Gasteiger partial charge in [-0.3, -0.25) is 4.79 Å². The maximum atomic E-state index is 12.1. The summed E-state index contributed by atoms with van der Waals surface area (Å²) < 4.78 is 0. The molecule has 0 aliphatic heterocycles. The molecule has 1 aliphatic rings. The highest BCUT2D eigenvalue weighted by Crippen LogP contribution is 2.27. The quantitative estimate of drug-likeness (QED) is 0.239. The number of aryl methyl sites for hydroxylation is 1. The van der Waals surface area contributed by atoms with Crippen LogP contribution in [0.2, 0.25) is 0 Å². The van der Waals surface area contributed by atoms with E-state index in [9.17, 15) is 4.79 Å². The Labute approximate surface area is 181 Å². The molecule has 1 aliphatic carbocycles. The van der Waals surface area contributed by atoms with Gasteiger partial charge < -0.3 is 0 Å². The van der Waals surface area contributed by atoms with Gasteiger partial charge in [-0.05, 0) is 30.7 Å². The van der Waals surface area contributed by atoms with Crippen LogP contribution in [0.5, 0.6) is 0 Å². The fourth-order valence-corrected chi connectivity index (χ4v) is 4.88. The molecule has 0 spiro atoms. The van der Waals surface area contributed by atoms with Crippen LogP contribution in [0.1, 0.15) is 128 Å². The number of benzene rings is 1. The van der Waals surface area contributed by atoms with E-state index in [0.717, 1.165) is 25.2 Å². The molecule has 1 fully saturated rings. The fraction of sp³-hybridized carbons (Fsp3) is 0.750. The number of ketones is 1. The molecule has 1 heteroatoms. The summed E-state index contributed by atoms with van der Waals surface area (Å²) in [5.74, 6) is 1.26. The van der Waals surface area contributed by atoms with Crippen molar-refractivity contribution in [3.63, 3.8) is 0 Å². The Morgan fingerprint density at radius 3 is 1.76 bits per heavy atom. The molecule has 0 N–H and O–H groups in total. The lowest BCUT2D eigenvalue weighted by atomic mass is 9.85. The first-order valence-electron chi connectivity index (χ1n) is 12.9. The lowest BCUT2D eigenvalue weighted by Gasteiger charge is -2.20. The largest absolute Gasteiger partial charge is 0.300 e. The fourth-order valence-electron chi connectivity index (χ4n) is 4.88. The van der Waals surface area contributed by atoms with Crippen molar-refractivity contribution < 1.29 is 4.79 Å². The van der Waals surface area contributed by atoms with E-state index in [1.807, 2.05) is 0 Å². The van der Waals surface area contributed by atoms with Crippen LogP contribution in [0.15, 0.2) is 30.3 Å². The summed E-state index contributed by atoms with van der Waals surface area (Å²) in [6.45, 7) is 0. The summed E-state index contributed by atoms with van der Waals surface area (Å²) in [7, 11) is 0. The van der Waals surface area contributed by atoms with Crippen LogP contribution in [0.25, 0.3) is 0 Å². The standard InChI is InChI=1S/C28H46O/c29-28(25-27-22-16-12-17-23-27)24-18-10-8-6-4-2-1-3-5-7-9-13-19-26-20-14-11-15-21-26/h11,14-15,20-21,27H,1-10,12-13,16-19,22-25H2. The molecule has 0 aromatic heterocycles. The average molecular weight is 399 g/mol. The summed E-state index contributed by atoms with van der Waals surface area (Å²) in [6, 6.07) is 10.9. The molecule has 1 nitrogen and oxygen atoms in total. The van der Waals surface area contributed by atoms with Crippen molar-refractivity contribution in [2.24, 2.45) is 5.92 Å². The van der Waals surface area contributed by atoms with Crippen molar-refractivity contribution in [1.29, 1.82) is 0 Å². The van der Waals surface area contributed by atoms with Gasteiger partial charge in [0.1, 0.15) is 5.78 Å². The van der Waals surface area contributed by atoms with Crippen LogP contribution in [0, 0.1) is 5.92 Å². The Bertz CT molecular complexity index is 500. The minimum Gasteiger partial charge on any atom is -0.300 e. The van der Waals surface area contributed by atoms with Gasteiger partial charge in [0.05, 0.1) is 0 Å². The van der Waals surface area contributed by atoms with Crippen LogP contribution < -0.4 is 0 Å². The van der Waals surface area contributed by atoms with Crippen LogP contribution >= 0.6 is 0 Å². The molecule has 0 bridgehead atoms. The molecule has 1 aromatic rings. The maximum absolute atomic E-state index is 12.1. The average Bonchev–Trinajstić information content (AvgIpc) is 2.75. The predicted molar refractivity (Wildman–Crippen MR) is 126 cm³/mol. The summed E-state index contributed by atoms with van der Waals surface area (Å²) in [5.41, 5.74) is 1.49. The normalized spacial score (nSPS) is 14.9. The van der Waals surface area contributed by atoms with Gasteiger partial charge in [0.15, 0.2) is 0 Å². The van der Waals surface area contributed by atoms with Crippen molar-refractivity contribution in [2.45, 2.75) is 128 Å². The van der Waals surface area contributed by atoms with Crippen LogP contribution in [0.4, 0.5) is 0 Å². The van der Waals surface area contributed by atoms with Gasteiger partial charge in [0.25, 0.3) is 0 Å². The van der Waals surface area contributed by atoms with Gasteiger partial charge in [-0.25, -0.2) is 0 Å². The Hall–Kier alpha value is -1.11. The minimum absolute atomic E-state index is 0.542. The third-order valence-electron chi connectivity index (χ3n) is 6.75. The molecule has 0 unspecified atom stereocenters. The topological polar surface area (TPSA) is 17.1 Å². The molecule has 0 radical (unpaired) electrons. The summed E-state index contributed by atoms with van der Waals surface area (Å²) in [5, 5.41) is 0. The Morgan fingerprint density at radius 1 is 0.655 bits per heavy atom. The number of rotatable bonds is 17. The summed E-state index contributed by atoms with van der Waals surface area (Å²) >= 11 is 0. The van der Waals surface area contributed by atoms with E-state index in [2.05, 4.69) is 30.3 Å². The van der Waals surface area contributed by atoms with Gasteiger partial charge in [-0.2, -0.15) is 0 Å². The minimum atomic E-state index is 0.542. The molecule has 164 valence electrons. The Morgan fingerprint density at radius 2 is 1.17 bits per heavy atom. The molecule has 2 rings (SSSR count). The van der Waals surface area contributed by atoms with Gasteiger partial charge in [0.2, 0.25) is 0 Å². The zero-order valence-corrected chi connectivity index (χ0v) is 19.0. The number of Topliss-reactive ketones (excluding diaryl/α,β-unsaturated/α-hetero) is 1.